The highest BCUT2D eigenvalue weighted by Crippen LogP contribution is 2.16. The molecule has 0 unspecified atom stereocenters. The molecule has 0 fully saturated rings. The third-order valence-electron chi connectivity index (χ3n) is 2.30. The van der Waals surface area contributed by atoms with Crippen LogP contribution in [-0.4, -0.2) is 36.7 Å². The third kappa shape index (κ3) is 5.71. The van der Waals surface area contributed by atoms with Crippen LogP contribution in [0.2, 0.25) is 0 Å². The van der Waals surface area contributed by atoms with Crippen LogP contribution in [0.4, 0.5) is 5.69 Å². The SMILES string of the molecule is CC(C)COc1ccc(NC(=O)C(=O)NCCO)cc1. The summed E-state index contributed by atoms with van der Waals surface area (Å²) < 4.78 is 5.51. The van der Waals surface area contributed by atoms with Crippen molar-refractivity contribution < 1.29 is 19.4 Å². The Bertz CT molecular complexity index is 443. The van der Waals surface area contributed by atoms with Crippen LogP contribution in [0.5, 0.6) is 5.75 Å². The van der Waals surface area contributed by atoms with Crippen LogP contribution in [0.25, 0.3) is 0 Å². The Morgan fingerprint density at radius 3 is 2.40 bits per heavy atom. The average Bonchev–Trinajstić information content (AvgIpc) is 2.43. The molecule has 2 amide bonds. The molecule has 0 aliphatic heterocycles. The number of carbonyl (C=O) groups is 2. The van der Waals surface area contributed by atoms with Crippen molar-refractivity contribution in [1.29, 1.82) is 0 Å². The summed E-state index contributed by atoms with van der Waals surface area (Å²) in [5.74, 6) is -0.403. The fourth-order valence-electron chi connectivity index (χ4n) is 1.33. The summed E-state index contributed by atoms with van der Waals surface area (Å²) in [7, 11) is 0. The van der Waals surface area contributed by atoms with Gasteiger partial charge in [0.1, 0.15) is 5.75 Å². The van der Waals surface area contributed by atoms with Crippen LogP contribution < -0.4 is 15.4 Å². The Hall–Kier alpha value is -2.08. The molecule has 0 spiro atoms. The second-order valence-corrected chi connectivity index (χ2v) is 4.66. The minimum atomic E-state index is -0.779. The summed E-state index contributed by atoms with van der Waals surface area (Å²) in [6, 6.07) is 6.77. The van der Waals surface area contributed by atoms with Crippen molar-refractivity contribution in [3.63, 3.8) is 0 Å². The van der Waals surface area contributed by atoms with Gasteiger partial charge in [-0.05, 0) is 30.2 Å². The smallest absolute Gasteiger partial charge is 0.313 e. The molecule has 0 radical (unpaired) electrons. The van der Waals surface area contributed by atoms with Crippen LogP contribution in [-0.2, 0) is 9.59 Å². The van der Waals surface area contributed by atoms with Gasteiger partial charge in [-0.25, -0.2) is 0 Å². The van der Waals surface area contributed by atoms with Crippen LogP contribution in [0.3, 0.4) is 0 Å². The van der Waals surface area contributed by atoms with Crippen LogP contribution in [0, 0.1) is 5.92 Å². The van der Waals surface area contributed by atoms with Gasteiger partial charge in [0.05, 0.1) is 13.2 Å². The highest BCUT2D eigenvalue weighted by molar-refractivity contribution is 6.39. The topological polar surface area (TPSA) is 87.7 Å². The maximum absolute atomic E-state index is 11.5. The number of hydrogen-bond donors (Lipinski definition) is 3. The predicted octanol–water partition coefficient (Wildman–Crippen LogP) is 0.768. The Morgan fingerprint density at radius 1 is 1.20 bits per heavy atom. The molecule has 0 aliphatic rings. The second kappa shape index (κ2) is 8.16. The molecular formula is C14H20N2O4. The number of anilines is 1. The van der Waals surface area contributed by atoms with Crippen molar-refractivity contribution in [2.24, 2.45) is 5.92 Å². The standard InChI is InChI=1S/C14H20N2O4/c1-10(2)9-20-12-5-3-11(4-6-12)16-14(19)13(18)15-7-8-17/h3-6,10,17H,7-9H2,1-2H3,(H,15,18)(H,16,19). The fraction of sp³-hybridized carbons (Fsp3) is 0.429. The van der Waals surface area contributed by atoms with Crippen LogP contribution in [0.15, 0.2) is 24.3 Å². The summed E-state index contributed by atoms with van der Waals surface area (Å²) in [5.41, 5.74) is 0.506. The molecule has 3 N–H and O–H groups in total. The molecule has 0 heterocycles. The number of ether oxygens (including phenoxy) is 1. The van der Waals surface area contributed by atoms with E-state index >= 15 is 0 Å². The molecule has 0 bridgehead atoms. The molecule has 0 saturated carbocycles. The largest absolute Gasteiger partial charge is 0.493 e. The molecule has 0 atom stereocenters. The van der Waals surface area contributed by atoms with E-state index in [-0.39, 0.29) is 13.2 Å². The van der Waals surface area contributed by atoms with E-state index in [0.29, 0.717) is 24.0 Å². The quantitative estimate of drug-likeness (QED) is 0.672. The highest BCUT2D eigenvalue weighted by Gasteiger charge is 2.12. The van der Waals surface area contributed by atoms with Gasteiger partial charge >= 0.3 is 11.8 Å². The summed E-state index contributed by atoms with van der Waals surface area (Å²) in [5, 5.41) is 13.3. The zero-order valence-electron chi connectivity index (χ0n) is 11.7. The van der Waals surface area contributed by atoms with Gasteiger partial charge < -0.3 is 20.5 Å². The molecule has 1 aromatic carbocycles. The first kappa shape index (κ1) is 16.0. The molecular weight excluding hydrogens is 260 g/mol. The molecule has 0 saturated heterocycles. The summed E-state index contributed by atoms with van der Waals surface area (Å²) in [4.78, 5) is 22.8. The van der Waals surface area contributed by atoms with Crippen LogP contribution in [0.1, 0.15) is 13.8 Å². The van der Waals surface area contributed by atoms with E-state index in [0.717, 1.165) is 0 Å². The van der Waals surface area contributed by atoms with Gasteiger partial charge in [-0.3, -0.25) is 9.59 Å². The Balaban J connectivity index is 2.48. The molecule has 20 heavy (non-hydrogen) atoms. The monoisotopic (exact) mass is 280 g/mol. The molecule has 1 rings (SSSR count). The minimum absolute atomic E-state index is 0.0498. The molecule has 6 heteroatoms. The van der Waals surface area contributed by atoms with E-state index in [4.69, 9.17) is 9.84 Å². The van der Waals surface area contributed by atoms with Gasteiger partial charge in [0.25, 0.3) is 0 Å². The van der Waals surface area contributed by atoms with Crippen molar-refractivity contribution in [2.45, 2.75) is 13.8 Å². The number of carbonyl (C=O) groups excluding carboxylic acids is 2. The van der Waals surface area contributed by atoms with Crippen LogP contribution >= 0.6 is 0 Å². The fourth-order valence-corrected chi connectivity index (χ4v) is 1.33. The normalized spacial score (nSPS) is 10.2. The van der Waals surface area contributed by atoms with Crippen molar-refractivity contribution in [2.75, 3.05) is 25.1 Å². The summed E-state index contributed by atoms with van der Waals surface area (Å²) >= 11 is 0. The van der Waals surface area contributed by atoms with Gasteiger partial charge in [0.2, 0.25) is 0 Å². The van der Waals surface area contributed by atoms with Gasteiger partial charge in [0.15, 0.2) is 0 Å². The van der Waals surface area contributed by atoms with Gasteiger partial charge in [-0.1, -0.05) is 13.8 Å². The zero-order valence-corrected chi connectivity index (χ0v) is 11.7. The first-order chi connectivity index (χ1) is 9.52. The average molecular weight is 280 g/mol. The number of aliphatic hydroxyl groups excluding tert-OH is 1. The lowest BCUT2D eigenvalue weighted by Crippen LogP contribution is -2.36. The lowest BCUT2D eigenvalue weighted by molar-refractivity contribution is -0.136. The van der Waals surface area contributed by atoms with E-state index in [2.05, 4.69) is 24.5 Å². The van der Waals surface area contributed by atoms with E-state index in [9.17, 15) is 9.59 Å². The Kier molecular flexibility index (Phi) is 6.52. The van der Waals surface area contributed by atoms with Crippen molar-refractivity contribution >= 4 is 17.5 Å². The van der Waals surface area contributed by atoms with E-state index < -0.39 is 11.8 Å². The van der Waals surface area contributed by atoms with E-state index in [1.165, 1.54) is 0 Å². The number of aliphatic hydroxyl groups is 1. The zero-order chi connectivity index (χ0) is 15.0. The number of hydrogen-bond acceptors (Lipinski definition) is 4. The number of rotatable bonds is 6. The second-order valence-electron chi connectivity index (χ2n) is 4.66. The lowest BCUT2D eigenvalue weighted by Gasteiger charge is -2.09. The summed E-state index contributed by atoms with van der Waals surface area (Å²) in [6.07, 6.45) is 0. The Labute approximate surface area is 118 Å². The first-order valence-corrected chi connectivity index (χ1v) is 6.46. The van der Waals surface area contributed by atoms with Crippen molar-refractivity contribution in [1.82, 2.24) is 5.32 Å². The van der Waals surface area contributed by atoms with Crippen molar-refractivity contribution in [3.05, 3.63) is 24.3 Å². The maximum Gasteiger partial charge on any atom is 0.313 e. The highest BCUT2D eigenvalue weighted by atomic mass is 16.5. The van der Waals surface area contributed by atoms with Gasteiger partial charge in [-0.2, -0.15) is 0 Å². The summed E-state index contributed by atoms with van der Waals surface area (Å²) in [6.45, 7) is 4.57. The Morgan fingerprint density at radius 2 is 1.85 bits per heavy atom. The first-order valence-electron chi connectivity index (χ1n) is 6.46. The van der Waals surface area contributed by atoms with Crippen molar-refractivity contribution in [3.8, 4) is 5.75 Å². The van der Waals surface area contributed by atoms with E-state index in [1.807, 2.05) is 0 Å². The molecule has 1 aromatic rings. The van der Waals surface area contributed by atoms with Gasteiger partial charge in [-0.15, -0.1) is 0 Å². The minimum Gasteiger partial charge on any atom is -0.493 e. The third-order valence-corrected chi connectivity index (χ3v) is 2.30. The predicted molar refractivity (Wildman–Crippen MR) is 75.5 cm³/mol. The number of nitrogens with one attached hydrogen (secondary N) is 2. The number of amides is 2. The maximum atomic E-state index is 11.5. The van der Waals surface area contributed by atoms with E-state index in [1.54, 1.807) is 24.3 Å². The van der Waals surface area contributed by atoms with Gasteiger partial charge in [0, 0.05) is 12.2 Å². The molecule has 0 aromatic heterocycles. The number of benzene rings is 1. The lowest BCUT2D eigenvalue weighted by atomic mass is 10.2. The molecule has 110 valence electrons. The molecule has 0 aliphatic carbocycles. The molecule has 6 nitrogen and oxygen atoms in total.